The van der Waals surface area contributed by atoms with Crippen molar-refractivity contribution in [1.29, 1.82) is 0 Å². The Kier molecular flexibility index (Phi) is 12.7. The summed E-state index contributed by atoms with van der Waals surface area (Å²) in [6, 6.07) is -0.490. The van der Waals surface area contributed by atoms with Gasteiger partial charge in [0.05, 0.1) is 43.2 Å². The second-order valence-electron chi connectivity index (χ2n) is 15.2. The van der Waals surface area contributed by atoms with E-state index in [0.717, 1.165) is 46.7 Å². The molecule has 19 unspecified atom stereocenters. The summed E-state index contributed by atoms with van der Waals surface area (Å²) in [6.07, 6.45) is 6.30. The van der Waals surface area contributed by atoms with E-state index in [2.05, 4.69) is 67.0 Å². The lowest BCUT2D eigenvalue weighted by molar-refractivity contribution is -0.344. The third-order valence-corrected chi connectivity index (χ3v) is 13.2. The molecule has 5 saturated heterocycles. The first-order valence-corrected chi connectivity index (χ1v) is 20.4. The van der Waals surface area contributed by atoms with Crippen LogP contribution in [0, 0.1) is 35.5 Å². The summed E-state index contributed by atoms with van der Waals surface area (Å²) in [6.45, 7) is 18.1. The first kappa shape index (κ1) is 37.9. The van der Waals surface area contributed by atoms with E-state index >= 15 is 0 Å². The van der Waals surface area contributed by atoms with Crippen LogP contribution in [0.2, 0.25) is 0 Å². The van der Waals surface area contributed by atoms with Gasteiger partial charge in [0, 0.05) is 17.8 Å². The van der Waals surface area contributed by atoms with Crippen LogP contribution in [0.25, 0.3) is 0 Å². The summed E-state index contributed by atoms with van der Waals surface area (Å²) >= 11 is 0. The zero-order valence-electron chi connectivity index (χ0n) is 30.9. The van der Waals surface area contributed by atoms with E-state index in [9.17, 15) is 4.79 Å². The molecule has 12 heteroatoms. The maximum Gasteiger partial charge on any atom is 0.407 e. The molecule has 6 fully saturated rings. The highest BCUT2D eigenvalue weighted by Gasteiger charge is 2.55. The molecule has 6 rings (SSSR count). The SMILES string of the molecule is C=PC1OCC2OC(OC3CCC4NC(=O)OC4C3OC3OC(CC)C(OC4OC(CC)C(C)C(CC)C4C)C3CC)C(C)C(CC)C2O1. The second kappa shape index (κ2) is 16.4. The fourth-order valence-corrected chi connectivity index (χ4v) is 10.2. The number of carbonyl (C=O) groups is 1. The number of carbonyl (C=O) groups excluding carboxylic acids is 1. The molecule has 1 N–H and O–H groups in total. The van der Waals surface area contributed by atoms with Gasteiger partial charge in [0.2, 0.25) is 0 Å². The number of ether oxygens (including phenoxy) is 9. The van der Waals surface area contributed by atoms with Crippen LogP contribution >= 0.6 is 8.20 Å². The van der Waals surface area contributed by atoms with E-state index in [1.807, 2.05) is 0 Å². The van der Waals surface area contributed by atoms with Crippen molar-refractivity contribution in [2.45, 2.75) is 180 Å². The van der Waals surface area contributed by atoms with Gasteiger partial charge in [0.25, 0.3) is 0 Å². The monoisotopic (exact) mass is 711 g/mol. The molecule has 280 valence electrons. The number of hydrogen-bond donors (Lipinski definition) is 1. The van der Waals surface area contributed by atoms with Crippen molar-refractivity contribution in [3.05, 3.63) is 0 Å². The summed E-state index contributed by atoms with van der Waals surface area (Å²) in [4.78, 5) is 12.5. The molecule has 5 aliphatic heterocycles. The molecule has 6 aliphatic rings. The third kappa shape index (κ3) is 7.50. The lowest BCUT2D eigenvalue weighted by Crippen LogP contribution is -2.60. The highest BCUT2D eigenvalue weighted by Crippen LogP contribution is 2.45. The van der Waals surface area contributed by atoms with Crippen LogP contribution in [0.5, 0.6) is 0 Å². The number of amides is 1. The van der Waals surface area contributed by atoms with E-state index in [1.165, 1.54) is 0 Å². The van der Waals surface area contributed by atoms with Crippen LogP contribution in [0.4, 0.5) is 4.79 Å². The van der Waals surface area contributed by atoms with E-state index in [1.54, 1.807) is 0 Å². The van der Waals surface area contributed by atoms with Crippen LogP contribution in [0.3, 0.4) is 0 Å². The van der Waals surface area contributed by atoms with E-state index in [-0.39, 0.29) is 78.7 Å². The van der Waals surface area contributed by atoms with Crippen LogP contribution < -0.4 is 5.32 Å². The molecule has 0 spiro atoms. The predicted molar refractivity (Wildman–Crippen MR) is 185 cm³/mol. The van der Waals surface area contributed by atoms with Gasteiger partial charge in [-0.25, -0.2) is 4.79 Å². The molecule has 1 saturated carbocycles. The lowest BCUT2D eigenvalue weighted by Gasteiger charge is -2.50. The maximum atomic E-state index is 12.5. The zero-order chi connectivity index (χ0) is 35.0. The lowest BCUT2D eigenvalue weighted by atomic mass is 9.75. The van der Waals surface area contributed by atoms with Gasteiger partial charge < -0.3 is 47.9 Å². The van der Waals surface area contributed by atoms with Gasteiger partial charge >= 0.3 is 6.09 Å². The fraction of sp³-hybridized carbons (Fsp3) is 0.946. The minimum absolute atomic E-state index is 0.0294. The van der Waals surface area contributed by atoms with Gasteiger partial charge in [-0.3, -0.25) is 0 Å². The van der Waals surface area contributed by atoms with Gasteiger partial charge in [0.1, 0.15) is 12.2 Å². The van der Waals surface area contributed by atoms with Crippen molar-refractivity contribution in [3.8, 4) is 0 Å². The van der Waals surface area contributed by atoms with Gasteiger partial charge in [-0.15, -0.1) is 0 Å². The smallest absolute Gasteiger partial charge is 0.407 e. The van der Waals surface area contributed by atoms with Crippen molar-refractivity contribution in [2.75, 3.05) is 6.61 Å². The predicted octanol–water partition coefficient (Wildman–Crippen LogP) is 6.47. The quantitative estimate of drug-likeness (QED) is 0.226. The summed E-state index contributed by atoms with van der Waals surface area (Å²) in [5.41, 5.74) is 0. The Morgan fingerprint density at radius 1 is 0.714 bits per heavy atom. The fourth-order valence-electron chi connectivity index (χ4n) is 9.80. The Morgan fingerprint density at radius 2 is 1.37 bits per heavy atom. The average Bonchev–Trinajstić information content (AvgIpc) is 3.65. The molecule has 0 radical (unpaired) electrons. The molecular weight excluding hydrogens is 649 g/mol. The van der Waals surface area contributed by atoms with Crippen LogP contribution in [0.1, 0.15) is 100 Å². The van der Waals surface area contributed by atoms with Crippen LogP contribution in [-0.4, -0.2) is 98.8 Å². The molecule has 1 amide bonds. The average molecular weight is 712 g/mol. The summed E-state index contributed by atoms with van der Waals surface area (Å²) in [7, 11) is 0.809. The van der Waals surface area contributed by atoms with Crippen molar-refractivity contribution in [3.63, 3.8) is 0 Å². The van der Waals surface area contributed by atoms with Crippen LogP contribution in [0.15, 0.2) is 0 Å². The van der Waals surface area contributed by atoms with E-state index in [0.29, 0.717) is 24.9 Å². The Hall–Kier alpha value is -0.880. The Labute approximate surface area is 295 Å². The number of nitrogens with one attached hydrogen (secondary N) is 1. The molecule has 1 aliphatic carbocycles. The molecule has 0 aromatic carbocycles. The van der Waals surface area contributed by atoms with Crippen molar-refractivity contribution >= 4 is 20.6 Å². The number of hydrogen-bond acceptors (Lipinski definition) is 10. The van der Waals surface area contributed by atoms with Crippen molar-refractivity contribution in [1.82, 2.24) is 5.32 Å². The van der Waals surface area contributed by atoms with E-state index < -0.39 is 30.9 Å². The first-order valence-electron chi connectivity index (χ1n) is 19.3. The highest BCUT2D eigenvalue weighted by molar-refractivity contribution is 7.36. The molecular formula is C37H62NO10P. The Bertz CT molecular complexity index is 1120. The highest BCUT2D eigenvalue weighted by atomic mass is 31.1. The normalized spacial score (nSPS) is 50.0. The Balaban J connectivity index is 1.19. The maximum absolute atomic E-state index is 12.5. The number of alkyl carbamates (subject to hydrolysis) is 1. The number of rotatable bonds is 12. The van der Waals surface area contributed by atoms with Gasteiger partial charge in [-0.1, -0.05) is 74.5 Å². The topological polar surface area (TPSA) is 112 Å². The molecule has 5 heterocycles. The summed E-state index contributed by atoms with van der Waals surface area (Å²) in [5.74, 6) is 1.56. The first-order chi connectivity index (χ1) is 23.6. The third-order valence-electron chi connectivity index (χ3n) is 12.7. The molecule has 19 atom stereocenters. The summed E-state index contributed by atoms with van der Waals surface area (Å²) in [5, 5.41) is 2.99. The minimum Gasteiger partial charge on any atom is -0.441 e. The van der Waals surface area contributed by atoms with E-state index in [4.69, 9.17) is 42.6 Å². The molecule has 0 aromatic rings. The van der Waals surface area contributed by atoms with Gasteiger partial charge in [-0.2, -0.15) is 0 Å². The molecule has 49 heavy (non-hydrogen) atoms. The van der Waals surface area contributed by atoms with Gasteiger partial charge in [-0.05, 0) is 58.1 Å². The molecule has 11 nitrogen and oxygen atoms in total. The standard InChI is InChI=1S/C37H62NO10P/c1-10-21-18(6)25(13-4)41-34(19(21)7)45-30-23(12-3)35(42-26(30)14-5)46-32-27(16-15-24-31(32)47-36(39)38-24)43-33-20(8)22(11-2)29-28(44-33)17-40-37(48-29)49-9/h18-35,37H,9-17H2,1-8H3,(H,38,39). The van der Waals surface area contributed by atoms with Crippen LogP contribution in [-0.2, 0) is 42.6 Å². The second-order valence-corrected chi connectivity index (χ2v) is 16.0. The largest absolute Gasteiger partial charge is 0.441 e. The molecule has 0 aromatic heterocycles. The van der Waals surface area contributed by atoms with Crippen molar-refractivity contribution < 1.29 is 47.4 Å². The summed E-state index contributed by atoms with van der Waals surface area (Å²) < 4.78 is 58.8. The van der Waals surface area contributed by atoms with Gasteiger partial charge in [0.15, 0.2) is 31.0 Å². The van der Waals surface area contributed by atoms with Crippen molar-refractivity contribution in [2.24, 2.45) is 35.5 Å². The Morgan fingerprint density at radius 3 is 2.04 bits per heavy atom. The number of fused-ring (bicyclic) bond motifs is 2. The minimum atomic E-state index is -0.549. The zero-order valence-corrected chi connectivity index (χ0v) is 31.8. The molecule has 0 bridgehead atoms.